The Hall–Kier alpha value is -1.68. The molecule has 4 nitrogen and oxygen atoms in total. The molecule has 2 fully saturated rings. The lowest BCUT2D eigenvalue weighted by molar-refractivity contribution is 0.265. The zero-order valence-corrected chi connectivity index (χ0v) is 10.8. The summed E-state index contributed by atoms with van der Waals surface area (Å²) < 4.78 is 5.61. The topological polar surface area (TPSA) is 51.0 Å². The summed E-state index contributed by atoms with van der Waals surface area (Å²) in [5.74, 6) is 2.21. The van der Waals surface area contributed by atoms with Crippen molar-refractivity contribution in [1.29, 1.82) is 0 Å². The molecule has 1 saturated carbocycles. The van der Waals surface area contributed by atoms with Gasteiger partial charge in [0.25, 0.3) is 0 Å². The molecule has 0 amide bonds. The van der Waals surface area contributed by atoms with Gasteiger partial charge in [0.15, 0.2) is 0 Å². The third-order valence-corrected chi connectivity index (χ3v) is 4.67. The molecule has 1 aliphatic heterocycles. The average molecular weight is 255 g/mol. The number of hydrogen-bond acceptors (Lipinski definition) is 4. The van der Waals surface area contributed by atoms with Crippen molar-refractivity contribution in [3.05, 3.63) is 36.2 Å². The number of aromatic nitrogens is 2. The number of nitrogens with one attached hydrogen (secondary N) is 1. The molecule has 2 aliphatic rings. The molecule has 4 rings (SSSR count). The van der Waals surface area contributed by atoms with Crippen LogP contribution in [0.2, 0.25) is 0 Å². The standard InChI is InChI=1S/C15H17N3O/c1-2-5-11(6-3-1)13-17-14(19-18-13)15-8-4-7-12(15)9-16-10-15/h1-3,5-6,12,16H,4,7-10H2/t12-,15+/m1/s1. The van der Waals surface area contributed by atoms with Crippen LogP contribution in [0.5, 0.6) is 0 Å². The molecular weight excluding hydrogens is 238 g/mol. The van der Waals surface area contributed by atoms with Gasteiger partial charge in [0, 0.05) is 12.1 Å². The van der Waals surface area contributed by atoms with Crippen LogP contribution in [-0.2, 0) is 5.41 Å². The Kier molecular flexibility index (Phi) is 2.45. The molecule has 1 aromatic heterocycles. The van der Waals surface area contributed by atoms with Crippen LogP contribution in [0.3, 0.4) is 0 Å². The normalized spacial score (nSPS) is 29.6. The summed E-state index contributed by atoms with van der Waals surface area (Å²) in [6.07, 6.45) is 3.71. The molecule has 2 aromatic rings. The Morgan fingerprint density at radius 3 is 3.05 bits per heavy atom. The quantitative estimate of drug-likeness (QED) is 0.895. The molecule has 19 heavy (non-hydrogen) atoms. The molecule has 1 aromatic carbocycles. The summed E-state index contributed by atoms with van der Waals surface area (Å²) >= 11 is 0. The van der Waals surface area contributed by atoms with Gasteiger partial charge in [-0.3, -0.25) is 0 Å². The number of hydrogen-bond donors (Lipinski definition) is 1. The molecule has 4 heteroatoms. The maximum Gasteiger partial charge on any atom is 0.234 e. The number of benzene rings is 1. The zero-order chi connectivity index (χ0) is 12.7. The molecule has 1 saturated heterocycles. The Balaban J connectivity index is 1.72. The second-order valence-corrected chi connectivity index (χ2v) is 5.67. The van der Waals surface area contributed by atoms with Crippen molar-refractivity contribution in [2.45, 2.75) is 24.7 Å². The Labute approximate surface area is 112 Å². The van der Waals surface area contributed by atoms with Crippen LogP contribution in [0.4, 0.5) is 0 Å². The minimum Gasteiger partial charge on any atom is -0.338 e. The van der Waals surface area contributed by atoms with Gasteiger partial charge in [-0.05, 0) is 25.3 Å². The van der Waals surface area contributed by atoms with Gasteiger partial charge in [0.05, 0.1) is 5.41 Å². The average Bonchev–Trinajstić information content (AvgIpc) is 3.14. The van der Waals surface area contributed by atoms with Gasteiger partial charge in [-0.15, -0.1) is 0 Å². The first-order chi connectivity index (χ1) is 9.38. The third kappa shape index (κ3) is 1.63. The molecular formula is C15H17N3O. The molecule has 0 unspecified atom stereocenters. The van der Waals surface area contributed by atoms with E-state index in [2.05, 4.69) is 15.5 Å². The van der Waals surface area contributed by atoms with Crippen LogP contribution >= 0.6 is 0 Å². The smallest absolute Gasteiger partial charge is 0.234 e. The Morgan fingerprint density at radius 2 is 2.16 bits per heavy atom. The summed E-state index contributed by atoms with van der Waals surface area (Å²) in [6.45, 7) is 2.07. The van der Waals surface area contributed by atoms with E-state index in [1.807, 2.05) is 30.3 Å². The fourth-order valence-corrected chi connectivity index (χ4v) is 3.63. The Morgan fingerprint density at radius 1 is 1.26 bits per heavy atom. The SMILES string of the molecule is c1ccc(-c2noc([C@]34CCC[C@@H]3CNC4)n2)cc1. The van der Waals surface area contributed by atoms with Crippen LogP contribution in [0.15, 0.2) is 34.9 Å². The van der Waals surface area contributed by atoms with E-state index in [0.717, 1.165) is 24.5 Å². The highest BCUT2D eigenvalue weighted by Crippen LogP contribution is 2.47. The fourth-order valence-electron chi connectivity index (χ4n) is 3.63. The van der Waals surface area contributed by atoms with Crippen LogP contribution in [0, 0.1) is 5.92 Å². The van der Waals surface area contributed by atoms with Crippen molar-refractivity contribution in [2.75, 3.05) is 13.1 Å². The molecule has 2 heterocycles. The van der Waals surface area contributed by atoms with Crippen molar-refractivity contribution in [3.63, 3.8) is 0 Å². The van der Waals surface area contributed by atoms with Crippen molar-refractivity contribution in [1.82, 2.24) is 15.5 Å². The van der Waals surface area contributed by atoms with Gasteiger partial charge in [0.1, 0.15) is 0 Å². The van der Waals surface area contributed by atoms with Gasteiger partial charge in [0.2, 0.25) is 11.7 Å². The second-order valence-electron chi connectivity index (χ2n) is 5.67. The van der Waals surface area contributed by atoms with Gasteiger partial charge in [-0.2, -0.15) is 4.98 Å². The van der Waals surface area contributed by atoms with Crippen molar-refractivity contribution >= 4 is 0 Å². The summed E-state index contributed by atoms with van der Waals surface area (Å²) in [7, 11) is 0. The largest absolute Gasteiger partial charge is 0.338 e. The predicted octanol–water partition coefficient (Wildman–Crippen LogP) is 2.38. The van der Waals surface area contributed by atoms with Crippen LogP contribution in [-0.4, -0.2) is 23.2 Å². The number of fused-ring (bicyclic) bond motifs is 1. The van der Waals surface area contributed by atoms with Gasteiger partial charge in [-0.25, -0.2) is 0 Å². The van der Waals surface area contributed by atoms with E-state index in [0.29, 0.717) is 11.7 Å². The molecule has 0 bridgehead atoms. The molecule has 0 radical (unpaired) electrons. The van der Waals surface area contributed by atoms with E-state index in [-0.39, 0.29) is 5.41 Å². The first-order valence-electron chi connectivity index (χ1n) is 6.99. The maximum absolute atomic E-state index is 5.61. The van der Waals surface area contributed by atoms with Gasteiger partial charge >= 0.3 is 0 Å². The Bertz CT molecular complexity index is 568. The molecule has 1 aliphatic carbocycles. The van der Waals surface area contributed by atoms with Crippen LogP contribution < -0.4 is 5.32 Å². The van der Waals surface area contributed by atoms with E-state index in [1.165, 1.54) is 19.3 Å². The minimum atomic E-state index is 0.0973. The predicted molar refractivity (Wildman–Crippen MR) is 71.6 cm³/mol. The lowest BCUT2D eigenvalue weighted by Crippen LogP contribution is -2.31. The van der Waals surface area contributed by atoms with E-state index in [9.17, 15) is 0 Å². The highest BCUT2D eigenvalue weighted by molar-refractivity contribution is 5.53. The monoisotopic (exact) mass is 255 g/mol. The molecule has 0 spiro atoms. The highest BCUT2D eigenvalue weighted by atomic mass is 16.5. The van der Waals surface area contributed by atoms with Gasteiger partial charge in [-0.1, -0.05) is 41.9 Å². The number of nitrogens with zero attached hydrogens (tertiary/aromatic N) is 2. The van der Waals surface area contributed by atoms with Crippen LogP contribution in [0.25, 0.3) is 11.4 Å². The molecule has 2 atom stereocenters. The zero-order valence-electron chi connectivity index (χ0n) is 10.8. The summed E-state index contributed by atoms with van der Waals surface area (Å²) in [4.78, 5) is 4.68. The van der Waals surface area contributed by atoms with E-state index in [4.69, 9.17) is 4.52 Å². The van der Waals surface area contributed by atoms with E-state index < -0.39 is 0 Å². The minimum absolute atomic E-state index is 0.0973. The molecule has 98 valence electrons. The van der Waals surface area contributed by atoms with Gasteiger partial charge < -0.3 is 9.84 Å². The van der Waals surface area contributed by atoms with Crippen molar-refractivity contribution < 1.29 is 4.52 Å². The lowest BCUT2D eigenvalue weighted by atomic mass is 9.80. The first kappa shape index (κ1) is 11.2. The molecule has 1 N–H and O–H groups in total. The van der Waals surface area contributed by atoms with Crippen LogP contribution in [0.1, 0.15) is 25.2 Å². The highest BCUT2D eigenvalue weighted by Gasteiger charge is 2.51. The fraction of sp³-hybridized carbons (Fsp3) is 0.467. The number of rotatable bonds is 2. The summed E-state index contributed by atoms with van der Waals surface area (Å²) in [5.41, 5.74) is 1.12. The van der Waals surface area contributed by atoms with E-state index in [1.54, 1.807) is 0 Å². The third-order valence-electron chi connectivity index (χ3n) is 4.67. The summed E-state index contributed by atoms with van der Waals surface area (Å²) in [6, 6.07) is 10.0. The van der Waals surface area contributed by atoms with Crippen molar-refractivity contribution in [3.8, 4) is 11.4 Å². The second kappa shape index (κ2) is 4.17. The lowest BCUT2D eigenvalue weighted by Gasteiger charge is -2.22. The van der Waals surface area contributed by atoms with Crippen molar-refractivity contribution in [2.24, 2.45) is 5.92 Å². The van der Waals surface area contributed by atoms with E-state index >= 15 is 0 Å². The first-order valence-corrected chi connectivity index (χ1v) is 6.99. The maximum atomic E-state index is 5.61. The summed E-state index contributed by atoms with van der Waals surface area (Å²) in [5, 5.41) is 7.66.